The van der Waals surface area contributed by atoms with E-state index in [2.05, 4.69) is 9.88 Å². The van der Waals surface area contributed by atoms with Gasteiger partial charge in [-0.05, 0) is 44.2 Å². The van der Waals surface area contributed by atoms with Crippen molar-refractivity contribution in [3.63, 3.8) is 0 Å². The van der Waals surface area contributed by atoms with Gasteiger partial charge in [0.1, 0.15) is 0 Å². The number of aryl methyl sites for hydroxylation is 1. The van der Waals surface area contributed by atoms with Crippen LogP contribution in [0.3, 0.4) is 0 Å². The molecule has 0 unspecified atom stereocenters. The topological polar surface area (TPSA) is 79.5 Å². The summed E-state index contributed by atoms with van der Waals surface area (Å²) in [7, 11) is 0. The van der Waals surface area contributed by atoms with Gasteiger partial charge in [-0.15, -0.1) is 0 Å². The maximum absolute atomic E-state index is 11.0. The lowest BCUT2D eigenvalue weighted by Gasteiger charge is -2.24. The van der Waals surface area contributed by atoms with Crippen molar-refractivity contribution in [3.8, 4) is 0 Å². The average molecular weight is 285 g/mol. The molecular formula is C16H19N3O2. The number of hydrogen-bond acceptors (Lipinski definition) is 4. The van der Waals surface area contributed by atoms with Crippen LogP contribution < -0.4 is 10.6 Å². The van der Waals surface area contributed by atoms with Crippen molar-refractivity contribution in [2.24, 2.45) is 0 Å². The predicted octanol–water partition coefficient (Wildman–Crippen LogP) is 2.70. The van der Waals surface area contributed by atoms with Crippen molar-refractivity contribution in [3.05, 3.63) is 53.3 Å². The number of carboxylic acids is 1. The van der Waals surface area contributed by atoms with Gasteiger partial charge in [0.25, 0.3) is 0 Å². The monoisotopic (exact) mass is 285 g/mol. The molecule has 5 heteroatoms. The first kappa shape index (κ1) is 14.8. The van der Waals surface area contributed by atoms with E-state index in [1.807, 2.05) is 32.0 Å². The molecule has 0 aliphatic rings. The van der Waals surface area contributed by atoms with Crippen LogP contribution in [0.15, 0.2) is 36.4 Å². The van der Waals surface area contributed by atoms with Crippen LogP contribution in [0.25, 0.3) is 0 Å². The third-order valence-electron chi connectivity index (χ3n) is 3.30. The molecule has 0 saturated carbocycles. The highest BCUT2D eigenvalue weighted by molar-refractivity contribution is 5.90. The number of nitrogens with two attached hydrogens (primary N) is 1. The van der Waals surface area contributed by atoms with Crippen LogP contribution >= 0.6 is 0 Å². The van der Waals surface area contributed by atoms with Crippen molar-refractivity contribution in [1.82, 2.24) is 4.98 Å². The lowest BCUT2D eigenvalue weighted by Crippen LogP contribution is -2.24. The lowest BCUT2D eigenvalue weighted by atomic mass is 10.1. The van der Waals surface area contributed by atoms with Gasteiger partial charge in [0.15, 0.2) is 0 Å². The molecule has 110 valence electrons. The van der Waals surface area contributed by atoms with Gasteiger partial charge in [0.2, 0.25) is 0 Å². The van der Waals surface area contributed by atoms with E-state index < -0.39 is 5.97 Å². The van der Waals surface area contributed by atoms with E-state index in [0.717, 1.165) is 23.6 Å². The number of benzene rings is 1. The summed E-state index contributed by atoms with van der Waals surface area (Å²) < 4.78 is 0. The fraction of sp³-hybridized carbons (Fsp3) is 0.250. The van der Waals surface area contributed by atoms with Gasteiger partial charge in [0, 0.05) is 12.2 Å². The minimum absolute atomic E-state index is 0.195. The Morgan fingerprint density at radius 1 is 1.33 bits per heavy atom. The first-order chi connectivity index (χ1) is 10.0. The molecule has 5 nitrogen and oxygen atoms in total. The number of carboxylic acid groups (broad SMARTS) is 1. The number of aromatic carboxylic acids is 1. The van der Waals surface area contributed by atoms with E-state index in [9.17, 15) is 4.79 Å². The van der Waals surface area contributed by atoms with Gasteiger partial charge in [-0.1, -0.05) is 6.07 Å². The Morgan fingerprint density at radius 3 is 2.67 bits per heavy atom. The van der Waals surface area contributed by atoms with Crippen molar-refractivity contribution >= 4 is 17.3 Å². The molecule has 1 aromatic heterocycles. The maximum atomic E-state index is 11.0. The molecule has 0 aliphatic carbocycles. The lowest BCUT2D eigenvalue weighted by molar-refractivity contribution is 0.0697. The molecule has 0 aliphatic heterocycles. The third kappa shape index (κ3) is 3.51. The standard InChI is InChI=1S/C16H19N3O2/c1-3-19(10-13-6-4-5-11(2)18-13)15-8-7-12(16(20)21)9-14(15)17/h4-9H,3,10,17H2,1-2H3,(H,20,21). The summed E-state index contributed by atoms with van der Waals surface area (Å²) in [5.41, 5.74) is 9.40. The second-order valence-electron chi connectivity index (χ2n) is 4.86. The normalized spacial score (nSPS) is 10.4. The van der Waals surface area contributed by atoms with E-state index in [0.29, 0.717) is 12.2 Å². The Balaban J connectivity index is 2.27. The number of carbonyl (C=O) groups is 1. The summed E-state index contributed by atoms with van der Waals surface area (Å²) in [5, 5.41) is 8.98. The smallest absolute Gasteiger partial charge is 0.335 e. The van der Waals surface area contributed by atoms with Gasteiger partial charge in [-0.2, -0.15) is 0 Å². The molecule has 0 radical (unpaired) electrons. The van der Waals surface area contributed by atoms with Gasteiger partial charge < -0.3 is 15.7 Å². The molecule has 0 saturated heterocycles. The zero-order valence-corrected chi connectivity index (χ0v) is 12.2. The van der Waals surface area contributed by atoms with Crippen LogP contribution in [0, 0.1) is 6.92 Å². The molecule has 0 spiro atoms. The number of rotatable bonds is 5. The van der Waals surface area contributed by atoms with Crippen molar-refractivity contribution in [1.29, 1.82) is 0 Å². The van der Waals surface area contributed by atoms with Crippen molar-refractivity contribution in [2.45, 2.75) is 20.4 Å². The second kappa shape index (κ2) is 6.26. The summed E-state index contributed by atoms with van der Waals surface area (Å²) in [6, 6.07) is 10.7. The summed E-state index contributed by atoms with van der Waals surface area (Å²) in [5.74, 6) is -0.975. The molecular weight excluding hydrogens is 266 g/mol. The molecule has 0 bridgehead atoms. The van der Waals surface area contributed by atoms with E-state index in [1.54, 1.807) is 12.1 Å². The summed E-state index contributed by atoms with van der Waals surface area (Å²) in [6.07, 6.45) is 0. The van der Waals surface area contributed by atoms with Gasteiger partial charge in [0.05, 0.1) is 29.2 Å². The zero-order chi connectivity index (χ0) is 15.4. The Morgan fingerprint density at radius 2 is 2.10 bits per heavy atom. The number of pyridine rings is 1. The summed E-state index contributed by atoms with van der Waals surface area (Å²) >= 11 is 0. The van der Waals surface area contributed by atoms with Crippen LogP contribution in [0.5, 0.6) is 0 Å². The minimum Gasteiger partial charge on any atom is -0.478 e. The predicted molar refractivity (Wildman–Crippen MR) is 83.5 cm³/mol. The van der Waals surface area contributed by atoms with Gasteiger partial charge in [-0.3, -0.25) is 4.98 Å². The third-order valence-corrected chi connectivity index (χ3v) is 3.30. The van der Waals surface area contributed by atoms with Crippen LogP contribution in [-0.4, -0.2) is 22.6 Å². The van der Waals surface area contributed by atoms with Crippen molar-refractivity contribution < 1.29 is 9.90 Å². The first-order valence-electron chi connectivity index (χ1n) is 6.81. The van der Waals surface area contributed by atoms with E-state index in [-0.39, 0.29) is 5.56 Å². The molecule has 2 aromatic rings. The van der Waals surface area contributed by atoms with Gasteiger partial charge >= 0.3 is 5.97 Å². The first-order valence-corrected chi connectivity index (χ1v) is 6.81. The van der Waals surface area contributed by atoms with E-state index in [4.69, 9.17) is 10.8 Å². The summed E-state index contributed by atoms with van der Waals surface area (Å²) in [4.78, 5) is 17.5. The highest BCUT2D eigenvalue weighted by atomic mass is 16.4. The number of aromatic nitrogens is 1. The average Bonchev–Trinajstić information content (AvgIpc) is 2.45. The zero-order valence-electron chi connectivity index (χ0n) is 12.2. The number of nitrogens with zero attached hydrogens (tertiary/aromatic N) is 2. The minimum atomic E-state index is -0.975. The molecule has 2 rings (SSSR count). The fourth-order valence-electron chi connectivity index (χ4n) is 2.23. The van der Waals surface area contributed by atoms with Crippen LogP contribution in [-0.2, 0) is 6.54 Å². The largest absolute Gasteiger partial charge is 0.478 e. The highest BCUT2D eigenvalue weighted by Crippen LogP contribution is 2.25. The number of nitrogen functional groups attached to an aromatic ring is 1. The van der Waals surface area contributed by atoms with E-state index >= 15 is 0 Å². The second-order valence-corrected chi connectivity index (χ2v) is 4.86. The maximum Gasteiger partial charge on any atom is 0.335 e. The molecule has 1 aromatic carbocycles. The number of hydrogen-bond donors (Lipinski definition) is 2. The molecule has 0 atom stereocenters. The highest BCUT2D eigenvalue weighted by Gasteiger charge is 2.12. The Kier molecular flexibility index (Phi) is 4.42. The summed E-state index contributed by atoms with van der Waals surface area (Å²) in [6.45, 7) is 5.37. The van der Waals surface area contributed by atoms with E-state index in [1.165, 1.54) is 6.07 Å². The molecule has 3 N–H and O–H groups in total. The molecule has 21 heavy (non-hydrogen) atoms. The number of anilines is 2. The molecule has 1 heterocycles. The Bertz CT molecular complexity index is 656. The SMILES string of the molecule is CCN(Cc1cccc(C)n1)c1ccc(C(=O)O)cc1N. The van der Waals surface area contributed by atoms with Crippen molar-refractivity contribution in [2.75, 3.05) is 17.2 Å². The Labute approximate surface area is 124 Å². The van der Waals surface area contributed by atoms with Crippen LogP contribution in [0.2, 0.25) is 0 Å². The quantitative estimate of drug-likeness (QED) is 0.826. The molecule has 0 amide bonds. The molecule has 0 fully saturated rings. The van der Waals surface area contributed by atoms with Crippen LogP contribution in [0.4, 0.5) is 11.4 Å². The Hall–Kier alpha value is -2.56. The fourth-order valence-corrected chi connectivity index (χ4v) is 2.23. The van der Waals surface area contributed by atoms with Gasteiger partial charge in [-0.25, -0.2) is 4.79 Å². The van der Waals surface area contributed by atoms with Crippen LogP contribution in [0.1, 0.15) is 28.7 Å².